The Labute approximate surface area is 166 Å². The summed E-state index contributed by atoms with van der Waals surface area (Å²) in [6.45, 7) is 9.65. The summed E-state index contributed by atoms with van der Waals surface area (Å²) in [5.74, 6) is 0.403. The first-order valence-electron chi connectivity index (χ1n) is 9.85. The molecule has 1 aliphatic heterocycles. The van der Waals surface area contributed by atoms with Gasteiger partial charge in [0.2, 0.25) is 5.95 Å². The maximum absolute atomic E-state index is 12.5. The Morgan fingerprint density at radius 1 is 1.21 bits per heavy atom. The second-order valence-electron chi connectivity index (χ2n) is 7.16. The van der Waals surface area contributed by atoms with Gasteiger partial charge in [0.15, 0.2) is 0 Å². The van der Waals surface area contributed by atoms with E-state index in [2.05, 4.69) is 51.1 Å². The standard InChI is InChI=1S/C21H29N5O2/c1-17(2)26(16-18-6-4-3-5-7-18)21-23-9-8-19(24-21)20(27)22-10-11-25-12-14-28-15-13-25/h3-9,17H,10-16H2,1-2H3,(H,22,27). The molecule has 0 saturated carbocycles. The Balaban J connectivity index is 1.61. The number of carbonyl (C=O) groups is 1. The number of carbonyl (C=O) groups excluding carboxylic acids is 1. The molecule has 1 N–H and O–H groups in total. The number of hydrogen-bond acceptors (Lipinski definition) is 6. The summed E-state index contributed by atoms with van der Waals surface area (Å²) in [5, 5.41) is 2.96. The summed E-state index contributed by atoms with van der Waals surface area (Å²) in [5.41, 5.74) is 1.57. The fourth-order valence-corrected chi connectivity index (χ4v) is 3.12. The summed E-state index contributed by atoms with van der Waals surface area (Å²) in [6.07, 6.45) is 1.65. The predicted octanol–water partition coefficient (Wildman–Crippen LogP) is 1.95. The van der Waals surface area contributed by atoms with E-state index in [1.165, 1.54) is 5.56 Å². The lowest BCUT2D eigenvalue weighted by atomic mass is 10.2. The highest BCUT2D eigenvalue weighted by molar-refractivity contribution is 5.92. The number of hydrogen-bond donors (Lipinski definition) is 1. The lowest BCUT2D eigenvalue weighted by Gasteiger charge is -2.27. The number of benzene rings is 1. The molecule has 28 heavy (non-hydrogen) atoms. The third-order valence-electron chi connectivity index (χ3n) is 4.77. The van der Waals surface area contributed by atoms with Gasteiger partial charge in [0.05, 0.1) is 13.2 Å². The van der Waals surface area contributed by atoms with Crippen LogP contribution in [0.3, 0.4) is 0 Å². The van der Waals surface area contributed by atoms with Gasteiger partial charge in [-0.15, -0.1) is 0 Å². The SMILES string of the molecule is CC(C)N(Cc1ccccc1)c1nccc(C(=O)NCCN2CCOCC2)n1. The Bertz CT molecular complexity index is 747. The lowest BCUT2D eigenvalue weighted by Crippen LogP contribution is -2.41. The molecule has 1 saturated heterocycles. The van der Waals surface area contributed by atoms with Crippen LogP contribution in [-0.2, 0) is 11.3 Å². The largest absolute Gasteiger partial charge is 0.379 e. The summed E-state index contributed by atoms with van der Waals surface area (Å²) in [4.78, 5) is 25.8. The number of nitrogens with one attached hydrogen (secondary N) is 1. The van der Waals surface area contributed by atoms with E-state index < -0.39 is 0 Å². The van der Waals surface area contributed by atoms with Crippen molar-refractivity contribution in [2.24, 2.45) is 0 Å². The summed E-state index contributed by atoms with van der Waals surface area (Å²) in [7, 11) is 0. The van der Waals surface area contributed by atoms with Crippen LogP contribution in [0.4, 0.5) is 5.95 Å². The molecule has 0 bridgehead atoms. The monoisotopic (exact) mass is 383 g/mol. The number of anilines is 1. The number of morpholine rings is 1. The zero-order chi connectivity index (χ0) is 19.8. The van der Waals surface area contributed by atoms with Crippen molar-refractivity contribution in [1.82, 2.24) is 20.2 Å². The highest BCUT2D eigenvalue weighted by atomic mass is 16.5. The summed E-state index contributed by atoms with van der Waals surface area (Å²) in [6, 6.07) is 12.1. The van der Waals surface area contributed by atoms with Crippen molar-refractivity contribution >= 4 is 11.9 Å². The van der Waals surface area contributed by atoms with Crippen LogP contribution in [0.15, 0.2) is 42.6 Å². The maximum atomic E-state index is 12.5. The molecular weight excluding hydrogens is 354 g/mol. The molecule has 1 fully saturated rings. The molecule has 7 nitrogen and oxygen atoms in total. The van der Waals surface area contributed by atoms with Crippen LogP contribution in [0, 0.1) is 0 Å². The highest BCUT2D eigenvalue weighted by Gasteiger charge is 2.17. The first-order chi connectivity index (χ1) is 13.6. The third kappa shape index (κ3) is 5.74. The zero-order valence-corrected chi connectivity index (χ0v) is 16.7. The molecule has 0 atom stereocenters. The van der Waals surface area contributed by atoms with Crippen LogP contribution in [0.1, 0.15) is 29.9 Å². The topological polar surface area (TPSA) is 70.6 Å². The zero-order valence-electron chi connectivity index (χ0n) is 16.7. The highest BCUT2D eigenvalue weighted by Crippen LogP contribution is 2.16. The Hall–Kier alpha value is -2.51. The van der Waals surface area contributed by atoms with Crippen molar-refractivity contribution in [3.63, 3.8) is 0 Å². The van der Waals surface area contributed by atoms with Crippen LogP contribution in [-0.4, -0.2) is 66.2 Å². The van der Waals surface area contributed by atoms with Gasteiger partial charge in [0.25, 0.3) is 5.91 Å². The second-order valence-corrected chi connectivity index (χ2v) is 7.16. The van der Waals surface area contributed by atoms with Gasteiger partial charge in [-0.2, -0.15) is 0 Å². The first kappa shape index (κ1) is 20.2. The molecule has 1 aromatic heterocycles. The lowest BCUT2D eigenvalue weighted by molar-refractivity contribution is 0.0383. The van der Waals surface area contributed by atoms with E-state index in [9.17, 15) is 4.79 Å². The number of ether oxygens (including phenoxy) is 1. The minimum atomic E-state index is -0.166. The van der Waals surface area contributed by atoms with Gasteiger partial charge in [0.1, 0.15) is 5.69 Å². The quantitative estimate of drug-likeness (QED) is 0.751. The smallest absolute Gasteiger partial charge is 0.270 e. The molecule has 1 amide bonds. The average Bonchev–Trinajstić information content (AvgIpc) is 2.73. The summed E-state index contributed by atoms with van der Waals surface area (Å²) >= 11 is 0. The molecule has 150 valence electrons. The molecule has 3 rings (SSSR count). The Morgan fingerprint density at radius 2 is 1.96 bits per heavy atom. The van der Waals surface area contributed by atoms with Crippen molar-refractivity contribution in [1.29, 1.82) is 0 Å². The molecule has 7 heteroatoms. The van der Waals surface area contributed by atoms with Crippen molar-refractivity contribution in [2.45, 2.75) is 26.4 Å². The molecule has 2 aromatic rings. The van der Waals surface area contributed by atoms with Gasteiger partial charge >= 0.3 is 0 Å². The van der Waals surface area contributed by atoms with E-state index in [-0.39, 0.29) is 11.9 Å². The minimum absolute atomic E-state index is 0.166. The Kier molecular flexibility index (Phi) is 7.33. The van der Waals surface area contributed by atoms with Gasteiger partial charge < -0.3 is 15.0 Å². The third-order valence-corrected chi connectivity index (χ3v) is 4.77. The fraction of sp³-hybridized carbons (Fsp3) is 0.476. The molecule has 0 spiro atoms. The van der Waals surface area contributed by atoms with Gasteiger partial charge in [-0.05, 0) is 25.5 Å². The normalized spacial score (nSPS) is 14.8. The van der Waals surface area contributed by atoms with E-state index in [0.29, 0.717) is 24.7 Å². The first-order valence-corrected chi connectivity index (χ1v) is 9.85. The number of aromatic nitrogens is 2. The van der Waals surface area contributed by atoms with E-state index in [0.717, 1.165) is 32.8 Å². The van der Waals surface area contributed by atoms with Gasteiger partial charge in [-0.1, -0.05) is 30.3 Å². The maximum Gasteiger partial charge on any atom is 0.270 e. The molecule has 0 radical (unpaired) electrons. The summed E-state index contributed by atoms with van der Waals surface area (Å²) < 4.78 is 5.34. The van der Waals surface area contributed by atoms with Crippen molar-refractivity contribution in [2.75, 3.05) is 44.3 Å². The molecule has 1 aromatic carbocycles. The second kappa shape index (κ2) is 10.1. The van der Waals surface area contributed by atoms with Crippen LogP contribution in [0.25, 0.3) is 0 Å². The van der Waals surface area contributed by atoms with Gasteiger partial charge in [-0.25, -0.2) is 9.97 Å². The molecule has 2 heterocycles. The van der Waals surface area contributed by atoms with Gasteiger partial charge in [-0.3, -0.25) is 9.69 Å². The van der Waals surface area contributed by atoms with E-state index >= 15 is 0 Å². The van der Waals surface area contributed by atoms with Crippen LogP contribution in [0.5, 0.6) is 0 Å². The number of nitrogens with zero attached hydrogens (tertiary/aromatic N) is 4. The van der Waals surface area contributed by atoms with Crippen molar-refractivity contribution in [3.05, 3.63) is 53.9 Å². The van der Waals surface area contributed by atoms with Crippen molar-refractivity contribution < 1.29 is 9.53 Å². The average molecular weight is 383 g/mol. The molecule has 1 aliphatic rings. The number of amides is 1. The van der Waals surface area contributed by atoms with E-state index in [1.807, 2.05) is 18.2 Å². The molecule has 0 unspecified atom stereocenters. The molecule has 0 aliphatic carbocycles. The fourth-order valence-electron chi connectivity index (χ4n) is 3.12. The van der Waals surface area contributed by atoms with Crippen LogP contribution < -0.4 is 10.2 Å². The van der Waals surface area contributed by atoms with E-state index in [1.54, 1.807) is 12.3 Å². The van der Waals surface area contributed by atoms with E-state index in [4.69, 9.17) is 4.74 Å². The number of rotatable bonds is 8. The molecular formula is C21H29N5O2. The predicted molar refractivity (Wildman–Crippen MR) is 109 cm³/mol. The minimum Gasteiger partial charge on any atom is -0.379 e. The van der Waals surface area contributed by atoms with Crippen molar-refractivity contribution in [3.8, 4) is 0 Å². The van der Waals surface area contributed by atoms with Crippen LogP contribution >= 0.6 is 0 Å². The van der Waals surface area contributed by atoms with Crippen LogP contribution in [0.2, 0.25) is 0 Å². The Morgan fingerprint density at radius 3 is 2.68 bits per heavy atom. The van der Waals surface area contributed by atoms with Gasteiger partial charge in [0, 0.05) is 45.0 Å².